The molecule has 20 heavy (non-hydrogen) atoms. The Hall–Kier alpha value is -2.28. The Morgan fingerprint density at radius 2 is 1.85 bits per heavy atom. The molecule has 0 saturated heterocycles. The molecule has 0 aromatic heterocycles. The van der Waals surface area contributed by atoms with Crippen molar-refractivity contribution in [3.05, 3.63) is 48.3 Å². The summed E-state index contributed by atoms with van der Waals surface area (Å²) in [4.78, 5) is -0.578. The molecule has 0 aliphatic rings. The van der Waals surface area contributed by atoms with E-state index in [1.807, 2.05) is 0 Å². The van der Waals surface area contributed by atoms with E-state index >= 15 is 0 Å². The number of benzene rings is 2. The quantitative estimate of drug-likeness (QED) is 0.848. The minimum absolute atomic E-state index is 0.0916. The van der Waals surface area contributed by atoms with Crippen molar-refractivity contribution >= 4 is 21.4 Å². The van der Waals surface area contributed by atoms with Crippen molar-refractivity contribution in [1.29, 1.82) is 0 Å². The highest BCUT2D eigenvalue weighted by Crippen LogP contribution is 2.29. The molecule has 0 aliphatic carbocycles. The third-order valence-electron chi connectivity index (χ3n) is 2.81. The van der Waals surface area contributed by atoms with Gasteiger partial charge in [0.25, 0.3) is 10.0 Å². The van der Waals surface area contributed by atoms with Gasteiger partial charge in [0, 0.05) is 13.1 Å². The van der Waals surface area contributed by atoms with E-state index in [0.717, 1.165) is 10.4 Å². The lowest BCUT2D eigenvalue weighted by Crippen LogP contribution is -2.28. The molecule has 0 saturated carbocycles. The summed E-state index contributed by atoms with van der Waals surface area (Å²) >= 11 is 0. The van der Waals surface area contributed by atoms with Crippen molar-refractivity contribution in [2.24, 2.45) is 0 Å². The van der Waals surface area contributed by atoms with Crippen molar-refractivity contribution in [2.75, 3.05) is 17.1 Å². The van der Waals surface area contributed by atoms with Gasteiger partial charge in [0.2, 0.25) is 0 Å². The van der Waals surface area contributed by atoms with Crippen LogP contribution in [0.25, 0.3) is 0 Å². The normalized spacial score (nSPS) is 11.3. The van der Waals surface area contributed by atoms with Crippen LogP contribution in [0.2, 0.25) is 0 Å². The standard InChI is InChI=1S/C13H13FN2O3S/c1-16(9-4-2-5-10(17)8-9)20(18,19)13-11(14)6-3-7-12(13)15/h2-8,17H,15H2,1H3. The molecule has 0 heterocycles. The maximum absolute atomic E-state index is 13.8. The Bertz CT molecular complexity index is 727. The van der Waals surface area contributed by atoms with Crippen LogP contribution in [0.1, 0.15) is 0 Å². The fourth-order valence-electron chi connectivity index (χ4n) is 1.76. The number of anilines is 2. The first-order chi connectivity index (χ1) is 9.34. The fourth-order valence-corrected chi connectivity index (χ4v) is 3.11. The number of phenolic OH excluding ortho intramolecular Hbond substituents is 1. The summed E-state index contributed by atoms with van der Waals surface area (Å²) in [5.41, 5.74) is 5.59. The van der Waals surface area contributed by atoms with Crippen LogP contribution < -0.4 is 10.0 Å². The Balaban J connectivity index is 2.56. The lowest BCUT2D eigenvalue weighted by molar-refractivity contribution is 0.475. The van der Waals surface area contributed by atoms with E-state index in [1.165, 1.54) is 43.4 Å². The van der Waals surface area contributed by atoms with E-state index in [2.05, 4.69) is 0 Å². The zero-order valence-electron chi connectivity index (χ0n) is 10.6. The number of sulfonamides is 1. The monoisotopic (exact) mass is 296 g/mol. The average Bonchev–Trinajstić information content (AvgIpc) is 2.37. The number of halogens is 1. The van der Waals surface area contributed by atoms with Gasteiger partial charge in [-0.15, -0.1) is 0 Å². The van der Waals surface area contributed by atoms with Crippen LogP contribution in [0.5, 0.6) is 5.75 Å². The molecule has 0 aliphatic heterocycles. The first-order valence-corrected chi connectivity index (χ1v) is 7.10. The molecule has 0 amide bonds. The number of nitrogens with zero attached hydrogens (tertiary/aromatic N) is 1. The molecule has 0 unspecified atom stereocenters. The largest absolute Gasteiger partial charge is 0.508 e. The van der Waals surface area contributed by atoms with E-state index in [1.54, 1.807) is 0 Å². The lowest BCUT2D eigenvalue weighted by atomic mass is 10.3. The number of rotatable bonds is 3. The number of hydrogen-bond acceptors (Lipinski definition) is 4. The minimum atomic E-state index is -4.15. The van der Waals surface area contributed by atoms with Gasteiger partial charge in [0.15, 0.2) is 0 Å². The van der Waals surface area contributed by atoms with Crippen LogP contribution in [0.15, 0.2) is 47.4 Å². The van der Waals surface area contributed by atoms with Crippen LogP contribution in [0.3, 0.4) is 0 Å². The van der Waals surface area contributed by atoms with Gasteiger partial charge < -0.3 is 10.8 Å². The molecule has 0 bridgehead atoms. The maximum Gasteiger partial charge on any atom is 0.269 e. The minimum Gasteiger partial charge on any atom is -0.508 e. The molecule has 0 atom stereocenters. The lowest BCUT2D eigenvalue weighted by Gasteiger charge is -2.20. The van der Waals surface area contributed by atoms with E-state index in [9.17, 15) is 17.9 Å². The zero-order chi connectivity index (χ0) is 14.9. The highest BCUT2D eigenvalue weighted by molar-refractivity contribution is 7.93. The molecule has 0 fully saturated rings. The van der Waals surface area contributed by atoms with E-state index in [-0.39, 0.29) is 17.1 Å². The summed E-state index contributed by atoms with van der Waals surface area (Å²) in [6.45, 7) is 0. The van der Waals surface area contributed by atoms with Gasteiger partial charge in [-0.1, -0.05) is 12.1 Å². The first kappa shape index (κ1) is 14.1. The number of aromatic hydroxyl groups is 1. The third-order valence-corrected chi connectivity index (χ3v) is 4.69. The fraction of sp³-hybridized carbons (Fsp3) is 0.0769. The number of nitrogen functional groups attached to an aromatic ring is 1. The van der Waals surface area contributed by atoms with E-state index < -0.39 is 20.7 Å². The third kappa shape index (κ3) is 2.39. The van der Waals surface area contributed by atoms with Gasteiger partial charge in [-0.25, -0.2) is 12.8 Å². The Morgan fingerprint density at radius 1 is 1.20 bits per heavy atom. The predicted octanol–water partition coefficient (Wildman–Crippen LogP) is 1.94. The van der Waals surface area contributed by atoms with Crippen molar-refractivity contribution < 1.29 is 17.9 Å². The summed E-state index contributed by atoms with van der Waals surface area (Å²) in [7, 11) is -2.89. The summed E-state index contributed by atoms with van der Waals surface area (Å²) in [5, 5.41) is 9.39. The highest BCUT2D eigenvalue weighted by atomic mass is 32.2. The van der Waals surface area contributed by atoms with Gasteiger partial charge in [0.1, 0.15) is 16.5 Å². The molecule has 2 rings (SSSR count). The summed E-state index contributed by atoms with van der Waals surface area (Å²) in [5.74, 6) is -1.01. The summed E-state index contributed by atoms with van der Waals surface area (Å²) < 4.78 is 39.4. The number of hydrogen-bond donors (Lipinski definition) is 2. The van der Waals surface area contributed by atoms with E-state index in [4.69, 9.17) is 5.73 Å². The van der Waals surface area contributed by atoms with Crippen molar-refractivity contribution in [1.82, 2.24) is 0 Å². The van der Waals surface area contributed by atoms with Crippen LogP contribution in [0.4, 0.5) is 15.8 Å². The van der Waals surface area contributed by atoms with Crippen molar-refractivity contribution in [2.45, 2.75) is 4.90 Å². The highest BCUT2D eigenvalue weighted by Gasteiger charge is 2.27. The second-order valence-electron chi connectivity index (χ2n) is 4.15. The Kier molecular flexibility index (Phi) is 3.54. The van der Waals surface area contributed by atoms with Gasteiger partial charge in [0.05, 0.1) is 11.4 Å². The SMILES string of the molecule is CN(c1cccc(O)c1)S(=O)(=O)c1c(N)cccc1F. The van der Waals surface area contributed by atoms with Crippen molar-refractivity contribution in [3.8, 4) is 5.75 Å². The van der Waals surface area contributed by atoms with Crippen LogP contribution in [0, 0.1) is 5.82 Å². The van der Waals surface area contributed by atoms with E-state index in [0.29, 0.717) is 0 Å². The molecule has 2 aromatic carbocycles. The van der Waals surface area contributed by atoms with Crippen LogP contribution in [-0.2, 0) is 10.0 Å². The van der Waals surface area contributed by atoms with Crippen molar-refractivity contribution in [3.63, 3.8) is 0 Å². The van der Waals surface area contributed by atoms with Crippen LogP contribution >= 0.6 is 0 Å². The van der Waals surface area contributed by atoms with Gasteiger partial charge in [-0.05, 0) is 24.3 Å². The molecule has 106 valence electrons. The Morgan fingerprint density at radius 3 is 2.45 bits per heavy atom. The zero-order valence-corrected chi connectivity index (χ0v) is 11.4. The maximum atomic E-state index is 13.8. The van der Waals surface area contributed by atoms with Gasteiger partial charge in [-0.2, -0.15) is 0 Å². The topological polar surface area (TPSA) is 83.6 Å². The van der Waals surface area contributed by atoms with Gasteiger partial charge in [-0.3, -0.25) is 4.31 Å². The molecule has 2 aromatic rings. The second kappa shape index (κ2) is 5.01. The molecule has 0 radical (unpaired) electrons. The summed E-state index contributed by atoms with van der Waals surface area (Å²) in [6.07, 6.45) is 0. The number of phenols is 1. The van der Waals surface area contributed by atoms with Gasteiger partial charge >= 0.3 is 0 Å². The molecular weight excluding hydrogens is 283 g/mol. The molecule has 5 nitrogen and oxygen atoms in total. The summed E-state index contributed by atoms with van der Waals surface area (Å²) in [6, 6.07) is 9.30. The smallest absolute Gasteiger partial charge is 0.269 e. The molecule has 3 N–H and O–H groups in total. The molecule has 7 heteroatoms. The van der Waals surface area contributed by atoms with Crippen LogP contribution in [-0.4, -0.2) is 20.6 Å². The predicted molar refractivity (Wildman–Crippen MR) is 74.5 cm³/mol. The average molecular weight is 296 g/mol. The Labute approximate surface area is 116 Å². The first-order valence-electron chi connectivity index (χ1n) is 5.66. The molecular formula is C13H13FN2O3S. The second-order valence-corrected chi connectivity index (χ2v) is 6.06. The molecule has 0 spiro atoms. The number of nitrogens with two attached hydrogens (primary N) is 1.